The van der Waals surface area contributed by atoms with Crippen LogP contribution in [-0.4, -0.2) is 22.3 Å². The van der Waals surface area contributed by atoms with Crippen LogP contribution in [-0.2, 0) is 11.3 Å². The second kappa shape index (κ2) is 5.01. The van der Waals surface area contributed by atoms with Gasteiger partial charge in [-0.1, -0.05) is 0 Å². The molecule has 0 saturated carbocycles. The summed E-state index contributed by atoms with van der Waals surface area (Å²) >= 11 is 0. The molecule has 0 aliphatic heterocycles. The average molecular weight is 261 g/mol. The number of fused-ring (bicyclic) bond motifs is 1. The van der Waals surface area contributed by atoms with Crippen molar-refractivity contribution in [3.8, 4) is 0 Å². The van der Waals surface area contributed by atoms with Crippen molar-refractivity contribution in [3.63, 3.8) is 0 Å². The molecule has 19 heavy (non-hydrogen) atoms. The van der Waals surface area contributed by atoms with Gasteiger partial charge < -0.3 is 10.5 Å². The van der Waals surface area contributed by atoms with Crippen molar-refractivity contribution in [2.45, 2.75) is 32.4 Å². The van der Waals surface area contributed by atoms with E-state index in [1.165, 1.54) is 0 Å². The highest BCUT2D eigenvalue weighted by Gasteiger charge is 2.16. The molecule has 0 aliphatic rings. The van der Waals surface area contributed by atoms with Crippen LogP contribution in [0.5, 0.6) is 0 Å². The highest BCUT2D eigenvalue weighted by atomic mass is 16.5. The lowest BCUT2D eigenvalue weighted by Crippen LogP contribution is -2.28. The minimum Gasteiger partial charge on any atom is -0.399 e. The Balaban J connectivity index is 2.35. The largest absolute Gasteiger partial charge is 0.399 e. The Hall–Kier alpha value is -1.88. The molecule has 1 heterocycles. The molecule has 1 aromatic carbocycles. The molecule has 0 atom stereocenters. The number of rotatable bonds is 4. The molecular formula is C14H19N3O2. The Morgan fingerprint density at radius 2 is 2.16 bits per heavy atom. The fourth-order valence-electron chi connectivity index (χ4n) is 1.83. The Morgan fingerprint density at radius 1 is 1.42 bits per heavy atom. The van der Waals surface area contributed by atoms with Crippen molar-refractivity contribution in [1.82, 2.24) is 9.55 Å². The summed E-state index contributed by atoms with van der Waals surface area (Å²) in [6.45, 7) is 4.55. The van der Waals surface area contributed by atoms with Crippen molar-refractivity contribution < 1.29 is 4.74 Å². The van der Waals surface area contributed by atoms with E-state index >= 15 is 0 Å². The predicted molar refractivity (Wildman–Crippen MR) is 76.1 cm³/mol. The monoisotopic (exact) mass is 261 g/mol. The maximum Gasteiger partial charge on any atom is 0.261 e. The van der Waals surface area contributed by atoms with Gasteiger partial charge in [-0.3, -0.25) is 9.36 Å². The van der Waals surface area contributed by atoms with Gasteiger partial charge in [0.2, 0.25) is 0 Å². The van der Waals surface area contributed by atoms with E-state index in [9.17, 15) is 4.79 Å². The van der Waals surface area contributed by atoms with Gasteiger partial charge in [-0.15, -0.1) is 0 Å². The highest BCUT2D eigenvalue weighted by molar-refractivity contribution is 5.80. The van der Waals surface area contributed by atoms with Gasteiger partial charge in [-0.2, -0.15) is 0 Å². The van der Waals surface area contributed by atoms with Crippen molar-refractivity contribution >= 4 is 16.6 Å². The standard InChI is InChI=1S/C14H19N3O2/c1-14(2,19-3)6-7-17-9-16-12-5-4-10(15)8-11(12)13(17)18/h4-5,8-9H,6-7,15H2,1-3H3. The van der Waals surface area contributed by atoms with E-state index in [0.717, 1.165) is 6.42 Å². The van der Waals surface area contributed by atoms with Crippen LogP contribution >= 0.6 is 0 Å². The van der Waals surface area contributed by atoms with E-state index in [1.807, 2.05) is 13.8 Å². The van der Waals surface area contributed by atoms with Crippen LogP contribution in [0, 0.1) is 0 Å². The number of aromatic nitrogens is 2. The van der Waals surface area contributed by atoms with E-state index in [2.05, 4.69) is 4.98 Å². The Labute approximate surface area is 112 Å². The number of nitrogens with zero attached hydrogens (tertiary/aromatic N) is 2. The zero-order valence-corrected chi connectivity index (χ0v) is 11.5. The molecule has 5 heteroatoms. The summed E-state index contributed by atoms with van der Waals surface area (Å²) in [6.07, 6.45) is 2.31. The van der Waals surface area contributed by atoms with Crippen LogP contribution in [0.3, 0.4) is 0 Å². The van der Waals surface area contributed by atoms with Crippen LogP contribution < -0.4 is 11.3 Å². The van der Waals surface area contributed by atoms with Gasteiger partial charge in [0.05, 0.1) is 22.8 Å². The molecule has 0 amide bonds. The van der Waals surface area contributed by atoms with Gasteiger partial charge >= 0.3 is 0 Å². The summed E-state index contributed by atoms with van der Waals surface area (Å²) in [7, 11) is 1.67. The van der Waals surface area contributed by atoms with Gasteiger partial charge in [0.25, 0.3) is 5.56 Å². The number of anilines is 1. The summed E-state index contributed by atoms with van der Waals surface area (Å²) in [4.78, 5) is 16.6. The topological polar surface area (TPSA) is 70.1 Å². The van der Waals surface area contributed by atoms with Crippen LogP contribution in [0.4, 0.5) is 5.69 Å². The number of aryl methyl sites for hydroxylation is 1. The molecule has 0 saturated heterocycles. The molecule has 102 valence electrons. The number of nitrogens with two attached hydrogens (primary N) is 1. The smallest absolute Gasteiger partial charge is 0.261 e. The van der Waals surface area contributed by atoms with Gasteiger partial charge in [0.15, 0.2) is 0 Å². The number of methoxy groups -OCH3 is 1. The number of hydrogen-bond acceptors (Lipinski definition) is 4. The van der Waals surface area contributed by atoms with Crippen LogP contribution in [0.25, 0.3) is 10.9 Å². The van der Waals surface area contributed by atoms with Gasteiger partial charge in [0, 0.05) is 19.3 Å². The fourth-order valence-corrected chi connectivity index (χ4v) is 1.83. The summed E-state index contributed by atoms with van der Waals surface area (Å²) in [5.41, 5.74) is 6.63. The quantitative estimate of drug-likeness (QED) is 0.852. The van der Waals surface area contributed by atoms with E-state index in [0.29, 0.717) is 23.1 Å². The lowest BCUT2D eigenvalue weighted by Gasteiger charge is -2.23. The van der Waals surface area contributed by atoms with E-state index in [4.69, 9.17) is 10.5 Å². The number of nitrogen functional groups attached to an aromatic ring is 1. The van der Waals surface area contributed by atoms with E-state index in [1.54, 1.807) is 36.2 Å². The molecule has 2 N–H and O–H groups in total. The molecule has 0 radical (unpaired) electrons. The first-order chi connectivity index (χ1) is 8.93. The molecule has 2 rings (SSSR count). The Kier molecular flexibility index (Phi) is 3.57. The van der Waals surface area contributed by atoms with Crippen LogP contribution in [0.15, 0.2) is 29.3 Å². The average Bonchev–Trinajstić information content (AvgIpc) is 2.39. The van der Waals surface area contributed by atoms with E-state index < -0.39 is 0 Å². The highest BCUT2D eigenvalue weighted by Crippen LogP contribution is 2.15. The first-order valence-corrected chi connectivity index (χ1v) is 6.23. The van der Waals surface area contributed by atoms with Crippen LogP contribution in [0.2, 0.25) is 0 Å². The zero-order chi connectivity index (χ0) is 14.0. The first kappa shape index (κ1) is 13.5. The number of ether oxygens (including phenoxy) is 1. The maximum atomic E-state index is 12.3. The minimum absolute atomic E-state index is 0.0656. The third-order valence-electron chi connectivity index (χ3n) is 3.36. The van der Waals surface area contributed by atoms with Crippen LogP contribution in [0.1, 0.15) is 20.3 Å². The van der Waals surface area contributed by atoms with Gasteiger partial charge in [-0.25, -0.2) is 4.98 Å². The summed E-state index contributed by atoms with van der Waals surface area (Å²) in [5.74, 6) is 0. The lowest BCUT2D eigenvalue weighted by atomic mass is 10.1. The molecule has 0 fully saturated rings. The molecular weight excluding hydrogens is 242 g/mol. The first-order valence-electron chi connectivity index (χ1n) is 6.23. The minimum atomic E-state index is -0.260. The number of hydrogen-bond donors (Lipinski definition) is 1. The second-order valence-corrected chi connectivity index (χ2v) is 5.23. The summed E-state index contributed by atoms with van der Waals surface area (Å²) in [6, 6.07) is 5.17. The van der Waals surface area contributed by atoms with Crippen molar-refractivity contribution in [2.24, 2.45) is 0 Å². The lowest BCUT2D eigenvalue weighted by molar-refractivity contribution is 0.0118. The Bertz CT molecular complexity index is 647. The van der Waals surface area contributed by atoms with E-state index in [-0.39, 0.29) is 11.2 Å². The molecule has 2 aromatic rings. The second-order valence-electron chi connectivity index (χ2n) is 5.23. The summed E-state index contributed by atoms with van der Waals surface area (Å²) in [5, 5.41) is 0.553. The zero-order valence-electron chi connectivity index (χ0n) is 11.5. The van der Waals surface area contributed by atoms with Gasteiger partial charge in [0.1, 0.15) is 0 Å². The normalized spacial score (nSPS) is 11.9. The number of benzene rings is 1. The predicted octanol–water partition coefficient (Wildman–Crippen LogP) is 1.79. The van der Waals surface area contributed by atoms with Gasteiger partial charge in [-0.05, 0) is 38.5 Å². The van der Waals surface area contributed by atoms with Crippen molar-refractivity contribution in [1.29, 1.82) is 0 Å². The molecule has 0 aliphatic carbocycles. The molecule has 0 bridgehead atoms. The third kappa shape index (κ3) is 2.93. The van der Waals surface area contributed by atoms with Crippen molar-refractivity contribution in [3.05, 3.63) is 34.9 Å². The Morgan fingerprint density at radius 3 is 2.84 bits per heavy atom. The molecule has 0 unspecified atom stereocenters. The third-order valence-corrected chi connectivity index (χ3v) is 3.36. The molecule has 5 nitrogen and oxygen atoms in total. The molecule has 0 spiro atoms. The van der Waals surface area contributed by atoms with Crippen molar-refractivity contribution in [2.75, 3.05) is 12.8 Å². The maximum absolute atomic E-state index is 12.3. The molecule has 1 aromatic heterocycles. The fraction of sp³-hybridized carbons (Fsp3) is 0.429. The summed E-state index contributed by atoms with van der Waals surface area (Å²) < 4.78 is 6.95. The SMILES string of the molecule is COC(C)(C)CCn1cnc2ccc(N)cc2c1=O.